The third-order valence-electron chi connectivity index (χ3n) is 7.13. The molecule has 196 valence electrons. The van der Waals surface area contributed by atoms with E-state index in [1.54, 1.807) is 68.0 Å². The van der Waals surface area contributed by atoms with Crippen LogP contribution in [0.3, 0.4) is 0 Å². The Morgan fingerprint density at radius 1 is 0.921 bits per heavy atom. The van der Waals surface area contributed by atoms with Crippen molar-refractivity contribution in [3.05, 3.63) is 101 Å². The molecule has 2 aromatic heterocycles. The molecule has 0 unspecified atom stereocenters. The van der Waals surface area contributed by atoms with Gasteiger partial charge in [-0.2, -0.15) is 0 Å². The van der Waals surface area contributed by atoms with Crippen LogP contribution in [-0.2, 0) is 4.74 Å². The molecule has 0 spiro atoms. The fourth-order valence-corrected chi connectivity index (χ4v) is 5.33. The van der Waals surface area contributed by atoms with Crippen LogP contribution >= 0.6 is 11.8 Å². The minimum absolute atomic E-state index is 0.145. The standard InChI is InChI=1S/C29H29ClN4O4/c1-38-18-19-5-12-24(31-29(37)22-7-6-20-13-15-34(30)26(20)17-22)25(16-19)32-28(36)21-8-10-23(11-9-21)33-14-3-2-4-27(33)35/h2-4,6-11,13-15,17,19,24-25H,5,12,16,18H2,1H3,(H,31,37)(H,32,36)/t19-,24-,25+/m1/s1. The monoisotopic (exact) mass is 532 g/mol. The molecule has 2 aromatic carbocycles. The van der Waals surface area contributed by atoms with E-state index >= 15 is 0 Å². The molecule has 4 aromatic rings. The number of ether oxygens (including phenoxy) is 1. The number of halogens is 1. The van der Waals surface area contributed by atoms with Crippen molar-refractivity contribution >= 4 is 34.5 Å². The van der Waals surface area contributed by atoms with Gasteiger partial charge in [-0.3, -0.25) is 23.0 Å². The van der Waals surface area contributed by atoms with E-state index in [0.29, 0.717) is 36.3 Å². The fourth-order valence-electron chi connectivity index (χ4n) is 5.13. The first-order valence-electron chi connectivity index (χ1n) is 12.6. The van der Waals surface area contributed by atoms with Crippen LogP contribution in [-0.4, -0.2) is 46.3 Å². The Hall–Kier alpha value is -3.88. The lowest BCUT2D eigenvalue weighted by atomic mass is 9.82. The van der Waals surface area contributed by atoms with E-state index in [4.69, 9.17) is 16.5 Å². The van der Waals surface area contributed by atoms with Crippen molar-refractivity contribution in [3.63, 3.8) is 0 Å². The highest BCUT2D eigenvalue weighted by molar-refractivity contribution is 6.19. The van der Waals surface area contributed by atoms with Crippen LogP contribution in [0.25, 0.3) is 16.6 Å². The molecule has 3 atom stereocenters. The molecule has 2 heterocycles. The zero-order valence-electron chi connectivity index (χ0n) is 21.0. The maximum absolute atomic E-state index is 13.2. The summed E-state index contributed by atoms with van der Waals surface area (Å²) in [5.41, 5.74) is 2.27. The number of pyridine rings is 1. The van der Waals surface area contributed by atoms with Crippen LogP contribution in [0.4, 0.5) is 0 Å². The number of hydrogen-bond acceptors (Lipinski definition) is 4. The summed E-state index contributed by atoms with van der Waals surface area (Å²) in [4.78, 5) is 38.5. The van der Waals surface area contributed by atoms with Crippen LogP contribution in [0, 0.1) is 5.92 Å². The Bertz CT molecular complexity index is 1510. The van der Waals surface area contributed by atoms with E-state index in [9.17, 15) is 14.4 Å². The number of carbonyl (C=O) groups excluding carboxylic acids is 2. The Kier molecular flexibility index (Phi) is 7.62. The first-order chi connectivity index (χ1) is 18.4. The zero-order chi connectivity index (χ0) is 26.6. The molecule has 1 fully saturated rings. The highest BCUT2D eigenvalue weighted by atomic mass is 35.5. The van der Waals surface area contributed by atoms with Gasteiger partial charge in [-0.25, -0.2) is 0 Å². The molecule has 38 heavy (non-hydrogen) atoms. The quantitative estimate of drug-likeness (QED) is 0.374. The fraction of sp³-hybridized carbons (Fsp3) is 0.276. The highest BCUT2D eigenvalue weighted by Gasteiger charge is 2.33. The molecule has 0 bridgehead atoms. The number of benzene rings is 2. The van der Waals surface area contributed by atoms with Gasteiger partial charge < -0.3 is 15.4 Å². The smallest absolute Gasteiger partial charge is 0.255 e. The lowest BCUT2D eigenvalue weighted by molar-refractivity contribution is 0.0780. The van der Waals surface area contributed by atoms with Crippen molar-refractivity contribution in [2.45, 2.75) is 31.3 Å². The molecule has 5 rings (SSSR count). The Morgan fingerprint density at radius 2 is 1.66 bits per heavy atom. The largest absolute Gasteiger partial charge is 0.384 e. The summed E-state index contributed by atoms with van der Waals surface area (Å²) in [7, 11) is 1.67. The summed E-state index contributed by atoms with van der Waals surface area (Å²) in [6.07, 6.45) is 5.71. The van der Waals surface area contributed by atoms with Crippen molar-refractivity contribution in [2.75, 3.05) is 13.7 Å². The molecule has 2 amide bonds. The molecule has 8 nitrogen and oxygen atoms in total. The Labute approximate surface area is 225 Å². The highest BCUT2D eigenvalue weighted by Crippen LogP contribution is 2.26. The van der Waals surface area contributed by atoms with Crippen LogP contribution < -0.4 is 16.2 Å². The van der Waals surface area contributed by atoms with E-state index in [2.05, 4.69) is 10.6 Å². The molecule has 1 saturated carbocycles. The van der Waals surface area contributed by atoms with Crippen molar-refractivity contribution in [3.8, 4) is 5.69 Å². The van der Waals surface area contributed by atoms with Gasteiger partial charge in [-0.15, -0.1) is 0 Å². The van der Waals surface area contributed by atoms with Gasteiger partial charge in [0.1, 0.15) is 0 Å². The molecule has 1 aliphatic carbocycles. The zero-order valence-corrected chi connectivity index (χ0v) is 21.7. The van der Waals surface area contributed by atoms with E-state index in [1.807, 2.05) is 12.1 Å². The third kappa shape index (κ3) is 5.51. The molecular weight excluding hydrogens is 504 g/mol. The van der Waals surface area contributed by atoms with E-state index in [-0.39, 0.29) is 35.4 Å². The van der Waals surface area contributed by atoms with E-state index in [0.717, 1.165) is 17.3 Å². The van der Waals surface area contributed by atoms with Gasteiger partial charge in [0.05, 0.1) is 5.52 Å². The maximum atomic E-state index is 13.2. The van der Waals surface area contributed by atoms with Crippen molar-refractivity contribution in [1.29, 1.82) is 0 Å². The van der Waals surface area contributed by atoms with Crippen molar-refractivity contribution in [2.24, 2.45) is 5.92 Å². The molecule has 0 radical (unpaired) electrons. The van der Waals surface area contributed by atoms with Crippen LogP contribution in [0.2, 0.25) is 0 Å². The van der Waals surface area contributed by atoms with Crippen molar-refractivity contribution in [1.82, 2.24) is 19.3 Å². The topological polar surface area (TPSA) is 94.4 Å². The number of rotatable bonds is 7. The first kappa shape index (κ1) is 25.8. The lowest BCUT2D eigenvalue weighted by Gasteiger charge is -2.37. The molecule has 0 saturated heterocycles. The summed E-state index contributed by atoms with van der Waals surface area (Å²) >= 11 is 6.19. The van der Waals surface area contributed by atoms with Gasteiger partial charge in [-0.1, -0.05) is 12.1 Å². The molecule has 9 heteroatoms. The maximum Gasteiger partial charge on any atom is 0.255 e. The second kappa shape index (κ2) is 11.2. The summed E-state index contributed by atoms with van der Waals surface area (Å²) in [5, 5.41) is 7.21. The number of hydrogen-bond donors (Lipinski definition) is 2. The molecule has 0 aliphatic heterocycles. The Morgan fingerprint density at radius 3 is 2.42 bits per heavy atom. The van der Waals surface area contributed by atoms with Gasteiger partial charge in [0, 0.05) is 78.2 Å². The first-order valence-corrected chi connectivity index (χ1v) is 12.9. The number of aromatic nitrogens is 2. The number of carbonyl (C=O) groups is 2. The summed E-state index contributed by atoms with van der Waals surface area (Å²) in [6, 6.07) is 18.6. The second-order valence-corrected chi connectivity index (χ2v) is 10.0. The summed E-state index contributed by atoms with van der Waals surface area (Å²) < 4.78 is 8.35. The van der Waals surface area contributed by atoms with E-state index < -0.39 is 0 Å². The average molecular weight is 533 g/mol. The molecular formula is C29H29ClN4O4. The number of nitrogens with zero attached hydrogens (tertiary/aromatic N) is 2. The summed E-state index contributed by atoms with van der Waals surface area (Å²) in [6.45, 7) is 0.594. The van der Waals surface area contributed by atoms with Crippen LogP contribution in [0.15, 0.2) is 83.9 Å². The van der Waals surface area contributed by atoms with Gasteiger partial charge in [0.15, 0.2) is 0 Å². The second-order valence-electron chi connectivity index (χ2n) is 9.65. The number of nitrogens with one attached hydrogen (secondary N) is 2. The third-order valence-corrected chi connectivity index (χ3v) is 7.43. The Balaban J connectivity index is 1.31. The number of amides is 2. The average Bonchev–Trinajstić information content (AvgIpc) is 3.30. The lowest BCUT2D eigenvalue weighted by Crippen LogP contribution is -2.55. The normalized spacial score (nSPS) is 19.3. The number of methoxy groups -OCH3 is 1. The number of fused-ring (bicyclic) bond motifs is 1. The van der Waals surface area contributed by atoms with Gasteiger partial charge >= 0.3 is 0 Å². The van der Waals surface area contributed by atoms with E-state index in [1.165, 1.54) is 14.7 Å². The van der Waals surface area contributed by atoms with Gasteiger partial charge in [-0.05, 0) is 73.7 Å². The predicted molar refractivity (Wildman–Crippen MR) is 147 cm³/mol. The summed E-state index contributed by atoms with van der Waals surface area (Å²) in [5.74, 6) is -0.167. The molecule has 2 N–H and O–H groups in total. The van der Waals surface area contributed by atoms with Crippen LogP contribution in [0.1, 0.15) is 40.0 Å². The SMILES string of the molecule is COC[C@@H]1CC[C@@H](NC(=O)c2ccc3ccn(Cl)c3c2)[C@@H](NC(=O)c2ccc(-n3ccccc3=O)cc2)C1. The van der Waals surface area contributed by atoms with Gasteiger partial charge in [0.2, 0.25) is 0 Å². The predicted octanol–water partition coefficient (Wildman–Crippen LogP) is 4.14. The van der Waals surface area contributed by atoms with Crippen molar-refractivity contribution < 1.29 is 14.3 Å². The van der Waals surface area contributed by atoms with Crippen LogP contribution in [0.5, 0.6) is 0 Å². The van der Waals surface area contributed by atoms with Gasteiger partial charge in [0.25, 0.3) is 17.4 Å². The molecule has 1 aliphatic rings. The minimum Gasteiger partial charge on any atom is -0.384 e. The minimum atomic E-state index is -0.266.